The summed E-state index contributed by atoms with van der Waals surface area (Å²) in [5, 5.41) is 3.28. The lowest BCUT2D eigenvalue weighted by molar-refractivity contribution is -0.120. The van der Waals surface area contributed by atoms with Gasteiger partial charge in [0.1, 0.15) is 17.7 Å². The maximum atomic E-state index is 13.0. The Morgan fingerprint density at radius 3 is 2.61 bits per heavy atom. The summed E-state index contributed by atoms with van der Waals surface area (Å²) in [5.41, 5.74) is 1.97. The van der Waals surface area contributed by atoms with Gasteiger partial charge in [0.15, 0.2) is 28.7 Å². The third-order valence-corrected chi connectivity index (χ3v) is 7.14. The lowest BCUT2D eigenvalue weighted by Crippen LogP contribution is -2.37. The van der Waals surface area contributed by atoms with Crippen molar-refractivity contribution in [2.24, 2.45) is 5.92 Å². The highest BCUT2D eigenvalue weighted by atomic mass is 16.5. The number of anilines is 3. The summed E-state index contributed by atoms with van der Waals surface area (Å²) < 4.78 is 23.9. The van der Waals surface area contributed by atoms with Crippen LogP contribution in [0.4, 0.5) is 17.6 Å². The molecule has 198 valence electrons. The maximum absolute atomic E-state index is 13.0. The largest absolute Gasteiger partial charge is 0.493 e. The van der Waals surface area contributed by atoms with Crippen molar-refractivity contribution in [2.75, 3.05) is 38.1 Å². The van der Waals surface area contributed by atoms with Crippen LogP contribution in [-0.4, -0.2) is 59.2 Å². The molecule has 1 atom stereocenters. The predicted molar refractivity (Wildman–Crippen MR) is 141 cm³/mol. The van der Waals surface area contributed by atoms with E-state index in [-0.39, 0.29) is 6.04 Å². The maximum Gasteiger partial charge on any atom is 0.228 e. The molecule has 0 spiro atoms. The van der Waals surface area contributed by atoms with Gasteiger partial charge >= 0.3 is 0 Å². The summed E-state index contributed by atoms with van der Waals surface area (Å²) in [5.74, 6) is 4.02. The number of hydrogen-bond donors (Lipinski definition) is 1. The lowest BCUT2D eigenvalue weighted by Gasteiger charge is -2.24. The highest BCUT2D eigenvalue weighted by molar-refractivity contribution is 5.90. The van der Waals surface area contributed by atoms with Crippen LogP contribution >= 0.6 is 0 Å². The highest BCUT2D eigenvalue weighted by Crippen LogP contribution is 2.40. The third-order valence-electron chi connectivity index (χ3n) is 7.14. The van der Waals surface area contributed by atoms with Gasteiger partial charge in [-0.05, 0) is 31.6 Å². The SMILES string of the molecule is COc1cc(-n2cnc(Nc3nc(N4CCC[C@H]4C(=O)CC4CC4)nc4ccoc34)c2)cc(OC)c1OC. The number of aromatic nitrogens is 4. The Balaban J connectivity index is 1.29. The first-order valence-electron chi connectivity index (χ1n) is 12.7. The first-order valence-corrected chi connectivity index (χ1v) is 12.7. The number of nitrogens with one attached hydrogen (secondary N) is 1. The molecule has 0 unspecified atom stereocenters. The Hall–Kier alpha value is -4.28. The molecule has 4 aromatic rings. The molecule has 1 aliphatic heterocycles. The fourth-order valence-electron chi connectivity index (χ4n) is 5.01. The Labute approximate surface area is 219 Å². The first-order chi connectivity index (χ1) is 18.6. The Bertz CT molecular complexity index is 1450. The zero-order valence-corrected chi connectivity index (χ0v) is 21.6. The van der Waals surface area contributed by atoms with Crippen molar-refractivity contribution >= 4 is 34.5 Å². The van der Waals surface area contributed by atoms with E-state index >= 15 is 0 Å². The van der Waals surface area contributed by atoms with E-state index in [1.165, 1.54) is 0 Å². The summed E-state index contributed by atoms with van der Waals surface area (Å²) in [6.45, 7) is 0.750. The molecule has 2 fully saturated rings. The van der Waals surface area contributed by atoms with E-state index in [2.05, 4.69) is 10.3 Å². The lowest BCUT2D eigenvalue weighted by atomic mass is 10.1. The van der Waals surface area contributed by atoms with E-state index in [1.807, 2.05) is 27.8 Å². The number of fused-ring (bicyclic) bond motifs is 1. The van der Waals surface area contributed by atoms with Gasteiger partial charge in [-0.3, -0.25) is 4.79 Å². The van der Waals surface area contributed by atoms with Crippen LogP contribution in [-0.2, 0) is 4.79 Å². The molecular formula is C27H30N6O5. The Morgan fingerprint density at radius 2 is 1.89 bits per heavy atom. The van der Waals surface area contributed by atoms with E-state index in [1.54, 1.807) is 40.0 Å². The quantitative estimate of drug-likeness (QED) is 0.321. The minimum atomic E-state index is -0.174. The second-order valence-corrected chi connectivity index (χ2v) is 9.65. The van der Waals surface area contributed by atoms with Gasteiger partial charge in [-0.15, -0.1) is 0 Å². The molecule has 1 saturated heterocycles. The fourth-order valence-corrected chi connectivity index (χ4v) is 5.01. The topological polar surface area (TPSA) is 117 Å². The van der Waals surface area contributed by atoms with Gasteiger partial charge < -0.3 is 33.4 Å². The molecule has 2 aliphatic rings. The number of ether oxygens (including phenoxy) is 3. The van der Waals surface area contributed by atoms with Gasteiger partial charge in [0.05, 0.1) is 45.5 Å². The van der Waals surface area contributed by atoms with Crippen molar-refractivity contribution in [1.29, 1.82) is 0 Å². The average Bonchev–Trinajstić information content (AvgIpc) is 3.33. The molecule has 4 heterocycles. The summed E-state index contributed by atoms with van der Waals surface area (Å²) >= 11 is 0. The van der Waals surface area contributed by atoms with E-state index in [0.29, 0.717) is 64.1 Å². The molecule has 0 bridgehead atoms. The highest BCUT2D eigenvalue weighted by Gasteiger charge is 2.36. The Kier molecular flexibility index (Phi) is 6.26. The number of furan rings is 1. The number of rotatable bonds is 10. The van der Waals surface area contributed by atoms with Crippen LogP contribution < -0.4 is 24.4 Å². The van der Waals surface area contributed by atoms with E-state index in [0.717, 1.165) is 37.9 Å². The molecule has 3 aromatic heterocycles. The second kappa shape index (κ2) is 9.88. The zero-order chi connectivity index (χ0) is 26.2. The monoisotopic (exact) mass is 518 g/mol. The smallest absolute Gasteiger partial charge is 0.228 e. The van der Waals surface area contributed by atoms with Crippen molar-refractivity contribution in [3.05, 3.63) is 37.0 Å². The van der Waals surface area contributed by atoms with Crippen molar-refractivity contribution in [2.45, 2.75) is 38.1 Å². The number of Topliss-reactive ketones (excluding diaryl/α,β-unsaturated/α-hetero) is 1. The molecule has 0 amide bonds. The van der Waals surface area contributed by atoms with Gasteiger partial charge in [-0.25, -0.2) is 9.97 Å². The number of ketones is 1. The molecule has 38 heavy (non-hydrogen) atoms. The molecule has 0 radical (unpaired) electrons. The van der Waals surface area contributed by atoms with Gasteiger partial charge in [-0.1, -0.05) is 0 Å². The van der Waals surface area contributed by atoms with Crippen molar-refractivity contribution in [3.63, 3.8) is 0 Å². The summed E-state index contributed by atoms with van der Waals surface area (Å²) in [7, 11) is 4.72. The number of carbonyl (C=O) groups is 1. The minimum Gasteiger partial charge on any atom is -0.493 e. The predicted octanol–water partition coefficient (Wildman–Crippen LogP) is 4.52. The molecule has 1 aromatic carbocycles. The van der Waals surface area contributed by atoms with Gasteiger partial charge in [-0.2, -0.15) is 4.98 Å². The molecule has 11 heteroatoms. The first kappa shape index (κ1) is 24.1. The molecule has 1 saturated carbocycles. The van der Waals surface area contributed by atoms with Crippen LogP contribution in [0.2, 0.25) is 0 Å². The van der Waals surface area contributed by atoms with Crippen LogP contribution in [0.15, 0.2) is 41.4 Å². The number of methoxy groups -OCH3 is 3. The second-order valence-electron chi connectivity index (χ2n) is 9.65. The van der Waals surface area contributed by atoms with E-state index in [4.69, 9.17) is 28.6 Å². The van der Waals surface area contributed by atoms with E-state index < -0.39 is 0 Å². The average molecular weight is 519 g/mol. The van der Waals surface area contributed by atoms with Crippen molar-refractivity contribution in [1.82, 2.24) is 19.5 Å². The van der Waals surface area contributed by atoms with Gasteiger partial charge in [0.25, 0.3) is 0 Å². The minimum absolute atomic E-state index is 0.174. The van der Waals surface area contributed by atoms with Crippen LogP contribution in [0.5, 0.6) is 17.2 Å². The number of benzene rings is 1. The molecule has 1 aliphatic carbocycles. The number of nitrogens with zero attached hydrogens (tertiary/aromatic N) is 5. The van der Waals surface area contributed by atoms with Crippen molar-refractivity contribution < 1.29 is 23.4 Å². The summed E-state index contributed by atoms with van der Waals surface area (Å²) in [6.07, 6.45) is 9.84. The van der Waals surface area contributed by atoms with Gasteiger partial charge in [0.2, 0.25) is 11.7 Å². The normalized spacial score (nSPS) is 17.1. The molecule has 6 rings (SSSR count). The van der Waals surface area contributed by atoms with Crippen LogP contribution in [0.25, 0.3) is 16.8 Å². The standard InChI is InChI=1S/C27H30N6O5/c1-35-21-12-17(13-22(36-2)25(21)37-3)32-14-23(28-15-32)30-26-24-18(8-10-38-24)29-27(31-26)33-9-4-5-19(33)20(34)11-16-6-7-16/h8,10,12-16,19H,4-7,9,11H2,1-3H3,(H,29,30,31)/t19-/m0/s1. The molecular weight excluding hydrogens is 488 g/mol. The fraction of sp³-hybridized carbons (Fsp3) is 0.407. The molecule has 1 N–H and O–H groups in total. The summed E-state index contributed by atoms with van der Waals surface area (Å²) in [6, 6.07) is 5.31. The summed E-state index contributed by atoms with van der Waals surface area (Å²) in [4.78, 5) is 29.0. The van der Waals surface area contributed by atoms with E-state index in [9.17, 15) is 4.79 Å². The Morgan fingerprint density at radius 1 is 1.11 bits per heavy atom. The zero-order valence-electron chi connectivity index (χ0n) is 21.6. The van der Waals surface area contributed by atoms with Crippen molar-refractivity contribution in [3.8, 4) is 22.9 Å². The van der Waals surface area contributed by atoms with Crippen LogP contribution in [0.3, 0.4) is 0 Å². The van der Waals surface area contributed by atoms with Crippen LogP contribution in [0.1, 0.15) is 32.1 Å². The number of imidazole rings is 1. The van der Waals surface area contributed by atoms with Gasteiger partial charge in [0, 0.05) is 31.2 Å². The van der Waals surface area contributed by atoms with Crippen LogP contribution in [0, 0.1) is 5.92 Å². The molecule has 11 nitrogen and oxygen atoms in total. The number of carbonyl (C=O) groups excluding carboxylic acids is 1. The number of hydrogen-bond acceptors (Lipinski definition) is 10. The third kappa shape index (κ3) is 4.48.